The van der Waals surface area contributed by atoms with Gasteiger partial charge in [0.25, 0.3) is 0 Å². The first-order valence-electron chi connectivity index (χ1n) is 10.1. The second kappa shape index (κ2) is 10.4. The molecule has 0 spiro atoms. The largest absolute Gasteiger partial charge is 0.490 e. The Bertz CT molecular complexity index is 1260. The predicted molar refractivity (Wildman–Crippen MR) is 133 cm³/mol. The molecule has 3 aromatic rings. The zero-order valence-corrected chi connectivity index (χ0v) is 20.6. The summed E-state index contributed by atoms with van der Waals surface area (Å²) in [6.45, 7) is 2.61. The number of cyclic esters (lactones) is 1. The van der Waals surface area contributed by atoms with E-state index in [0.29, 0.717) is 45.9 Å². The molecule has 0 fully saturated rings. The Hall–Kier alpha value is -2.80. The number of hydrogen-bond donors (Lipinski definition) is 0. The second-order valence-electron chi connectivity index (χ2n) is 6.99. The maximum Gasteiger partial charge on any atom is 0.363 e. The Morgan fingerprint density at radius 3 is 2.52 bits per heavy atom. The molecule has 0 saturated heterocycles. The van der Waals surface area contributed by atoms with Gasteiger partial charge in [0, 0.05) is 4.47 Å². The van der Waals surface area contributed by atoms with Crippen molar-refractivity contribution in [1.29, 1.82) is 0 Å². The molecule has 0 aliphatic carbocycles. The summed E-state index contributed by atoms with van der Waals surface area (Å²) < 4.78 is 18.0. The zero-order chi connectivity index (χ0) is 23.4. The third kappa shape index (κ3) is 5.58. The van der Waals surface area contributed by atoms with Gasteiger partial charge in [-0.15, -0.1) is 0 Å². The van der Waals surface area contributed by atoms with E-state index in [1.807, 2.05) is 31.2 Å². The van der Waals surface area contributed by atoms with Gasteiger partial charge in [0.1, 0.15) is 6.61 Å². The average molecular weight is 547 g/mol. The first-order valence-corrected chi connectivity index (χ1v) is 11.6. The van der Waals surface area contributed by atoms with Crippen LogP contribution in [-0.2, 0) is 16.1 Å². The summed E-state index contributed by atoms with van der Waals surface area (Å²) in [4.78, 5) is 16.7. The molecule has 33 heavy (non-hydrogen) atoms. The first-order chi connectivity index (χ1) is 15.9. The molecule has 0 bridgehead atoms. The molecule has 3 aromatic carbocycles. The van der Waals surface area contributed by atoms with Crippen molar-refractivity contribution in [1.82, 2.24) is 0 Å². The molecule has 1 aliphatic rings. The van der Waals surface area contributed by atoms with E-state index in [2.05, 4.69) is 20.9 Å². The third-order valence-corrected chi connectivity index (χ3v) is 5.80. The number of benzene rings is 3. The SMILES string of the molecule is CCOc1cc(/C=C2\N=C(c3ccccc3Cl)OC2=O)cc(Cl)c1OCc1ccc(Br)cc1. The number of aliphatic imine (C=N–C) groups is 1. The zero-order valence-electron chi connectivity index (χ0n) is 17.5. The number of rotatable bonds is 7. The van der Waals surface area contributed by atoms with E-state index in [4.69, 9.17) is 37.4 Å². The Kier molecular flexibility index (Phi) is 7.38. The molecule has 0 unspecified atom stereocenters. The molecular weight excluding hydrogens is 529 g/mol. The van der Waals surface area contributed by atoms with E-state index in [9.17, 15) is 4.79 Å². The van der Waals surface area contributed by atoms with Crippen LogP contribution in [0.4, 0.5) is 0 Å². The van der Waals surface area contributed by atoms with Crippen molar-refractivity contribution in [3.8, 4) is 11.5 Å². The Morgan fingerprint density at radius 1 is 1.03 bits per heavy atom. The summed E-state index contributed by atoms with van der Waals surface area (Å²) in [5, 5.41) is 0.797. The molecular formula is C25H18BrCl2NO4. The molecule has 0 amide bonds. The topological polar surface area (TPSA) is 57.1 Å². The highest BCUT2D eigenvalue weighted by Crippen LogP contribution is 2.38. The van der Waals surface area contributed by atoms with E-state index in [1.54, 1.807) is 42.5 Å². The van der Waals surface area contributed by atoms with Gasteiger partial charge in [-0.2, -0.15) is 0 Å². The van der Waals surface area contributed by atoms with Crippen molar-refractivity contribution in [2.45, 2.75) is 13.5 Å². The van der Waals surface area contributed by atoms with Crippen molar-refractivity contribution < 1.29 is 19.0 Å². The molecule has 0 radical (unpaired) electrons. The minimum Gasteiger partial charge on any atom is -0.490 e. The molecule has 1 heterocycles. The van der Waals surface area contributed by atoms with E-state index in [-0.39, 0.29) is 11.6 Å². The minimum atomic E-state index is -0.574. The van der Waals surface area contributed by atoms with Crippen LogP contribution < -0.4 is 9.47 Å². The van der Waals surface area contributed by atoms with E-state index < -0.39 is 5.97 Å². The summed E-state index contributed by atoms with van der Waals surface area (Å²) in [6, 6.07) is 18.2. The van der Waals surface area contributed by atoms with Crippen molar-refractivity contribution in [3.63, 3.8) is 0 Å². The molecule has 0 saturated carbocycles. The summed E-state index contributed by atoms with van der Waals surface area (Å²) in [5.74, 6) is 0.477. The molecule has 5 nitrogen and oxygen atoms in total. The van der Waals surface area contributed by atoms with Crippen LogP contribution >= 0.6 is 39.1 Å². The molecule has 0 atom stereocenters. The van der Waals surface area contributed by atoms with Crippen LogP contribution in [0.2, 0.25) is 10.0 Å². The van der Waals surface area contributed by atoms with Crippen LogP contribution in [0.25, 0.3) is 6.08 Å². The van der Waals surface area contributed by atoms with Crippen molar-refractivity contribution >= 4 is 57.1 Å². The number of ether oxygens (including phenoxy) is 3. The van der Waals surface area contributed by atoms with Crippen molar-refractivity contribution in [2.24, 2.45) is 4.99 Å². The van der Waals surface area contributed by atoms with Gasteiger partial charge in [0.2, 0.25) is 5.90 Å². The van der Waals surface area contributed by atoms with Gasteiger partial charge in [0.15, 0.2) is 17.2 Å². The number of hydrogen-bond acceptors (Lipinski definition) is 5. The minimum absolute atomic E-state index is 0.131. The molecule has 0 aromatic heterocycles. The third-order valence-electron chi connectivity index (χ3n) is 4.66. The van der Waals surface area contributed by atoms with Gasteiger partial charge in [-0.3, -0.25) is 0 Å². The standard InChI is InChI=1S/C25H18BrCl2NO4/c1-2-31-22-13-16(11-20(28)23(22)32-14-15-7-9-17(26)10-8-15)12-21-25(30)33-24(29-21)18-5-3-4-6-19(18)27/h3-13H,2,14H2,1H3/b21-12-. The fourth-order valence-corrected chi connectivity index (χ4v) is 3.88. The Morgan fingerprint density at radius 2 is 1.79 bits per heavy atom. The quantitative estimate of drug-likeness (QED) is 0.235. The molecule has 1 aliphatic heterocycles. The Balaban J connectivity index is 1.61. The maximum absolute atomic E-state index is 12.4. The number of nitrogens with zero attached hydrogens (tertiary/aromatic N) is 1. The average Bonchev–Trinajstić information content (AvgIpc) is 3.15. The first kappa shape index (κ1) is 23.4. The van der Waals surface area contributed by atoms with Crippen LogP contribution in [0.3, 0.4) is 0 Å². The number of carbonyl (C=O) groups is 1. The highest BCUT2D eigenvalue weighted by Gasteiger charge is 2.26. The van der Waals surface area contributed by atoms with Gasteiger partial charge < -0.3 is 14.2 Å². The predicted octanol–water partition coefficient (Wildman–Crippen LogP) is 7.08. The van der Waals surface area contributed by atoms with Gasteiger partial charge in [-0.05, 0) is 60.5 Å². The lowest BCUT2D eigenvalue weighted by atomic mass is 10.1. The molecule has 168 valence electrons. The van der Waals surface area contributed by atoms with Gasteiger partial charge >= 0.3 is 5.97 Å². The van der Waals surface area contributed by atoms with Crippen LogP contribution in [0.1, 0.15) is 23.6 Å². The monoisotopic (exact) mass is 545 g/mol. The van der Waals surface area contributed by atoms with Crippen molar-refractivity contribution in [3.05, 3.63) is 97.6 Å². The van der Waals surface area contributed by atoms with E-state index in [0.717, 1.165) is 10.0 Å². The van der Waals surface area contributed by atoms with Crippen molar-refractivity contribution in [2.75, 3.05) is 6.61 Å². The summed E-state index contributed by atoms with van der Waals surface area (Å²) in [6.07, 6.45) is 1.58. The van der Waals surface area contributed by atoms with E-state index in [1.165, 1.54) is 0 Å². The highest BCUT2D eigenvalue weighted by molar-refractivity contribution is 9.10. The van der Waals surface area contributed by atoms with Gasteiger partial charge in [0.05, 0.1) is 22.2 Å². The number of carbonyl (C=O) groups excluding carboxylic acids is 1. The summed E-state index contributed by atoms with van der Waals surface area (Å²) in [7, 11) is 0. The Labute approximate surface area is 209 Å². The fraction of sp³-hybridized carbons (Fsp3) is 0.120. The van der Waals surface area contributed by atoms with Crippen LogP contribution in [0.5, 0.6) is 11.5 Å². The summed E-state index contributed by atoms with van der Waals surface area (Å²) in [5.41, 5.74) is 2.28. The van der Waals surface area contributed by atoms with Crippen LogP contribution in [0.15, 0.2) is 75.8 Å². The summed E-state index contributed by atoms with van der Waals surface area (Å²) >= 11 is 16.1. The normalized spacial score (nSPS) is 14.2. The molecule has 4 rings (SSSR count). The number of halogens is 3. The lowest BCUT2D eigenvalue weighted by Gasteiger charge is -2.14. The van der Waals surface area contributed by atoms with Gasteiger partial charge in [-0.25, -0.2) is 9.79 Å². The lowest BCUT2D eigenvalue weighted by Crippen LogP contribution is -2.05. The number of esters is 1. The lowest BCUT2D eigenvalue weighted by molar-refractivity contribution is -0.129. The molecule has 0 N–H and O–H groups in total. The van der Waals surface area contributed by atoms with Gasteiger partial charge in [-0.1, -0.05) is 63.4 Å². The highest BCUT2D eigenvalue weighted by atomic mass is 79.9. The van der Waals surface area contributed by atoms with Crippen LogP contribution in [-0.4, -0.2) is 18.5 Å². The smallest absolute Gasteiger partial charge is 0.363 e. The van der Waals surface area contributed by atoms with Crippen LogP contribution in [0, 0.1) is 0 Å². The fourth-order valence-electron chi connectivity index (χ4n) is 3.13. The molecule has 8 heteroatoms. The van der Waals surface area contributed by atoms with E-state index >= 15 is 0 Å². The maximum atomic E-state index is 12.4. The second-order valence-corrected chi connectivity index (χ2v) is 8.72.